The van der Waals surface area contributed by atoms with Crippen molar-refractivity contribution in [1.82, 2.24) is 24.8 Å². The fraction of sp³-hybridized carbons (Fsp3) is 0.333. The number of likely N-dealkylation sites (N-methyl/N-ethyl adjacent to an activating group) is 1. The molecule has 1 saturated heterocycles. The fourth-order valence-electron chi connectivity index (χ4n) is 4.43. The van der Waals surface area contributed by atoms with Gasteiger partial charge in [0.2, 0.25) is 0 Å². The van der Waals surface area contributed by atoms with E-state index >= 15 is 0 Å². The van der Waals surface area contributed by atoms with Crippen LogP contribution in [0.2, 0.25) is 5.02 Å². The van der Waals surface area contributed by atoms with E-state index in [1.54, 1.807) is 11.8 Å². The van der Waals surface area contributed by atoms with Crippen LogP contribution in [0.15, 0.2) is 72.0 Å². The van der Waals surface area contributed by atoms with Crippen molar-refractivity contribution in [3.8, 4) is 0 Å². The number of pyridine rings is 1. The van der Waals surface area contributed by atoms with Crippen molar-refractivity contribution in [3.05, 3.63) is 83.1 Å². The third-order valence-corrected chi connectivity index (χ3v) is 7.83. The van der Waals surface area contributed by atoms with Gasteiger partial charge in [-0.2, -0.15) is 0 Å². The molecule has 0 aliphatic carbocycles. The number of benzene rings is 2. The maximum Gasteiger partial charge on any atom is 0.166 e. The van der Waals surface area contributed by atoms with Gasteiger partial charge in [-0.1, -0.05) is 65.8 Å². The van der Waals surface area contributed by atoms with Gasteiger partial charge in [-0.3, -0.25) is 14.8 Å². The van der Waals surface area contributed by atoms with Gasteiger partial charge in [0.1, 0.15) is 0 Å². The van der Waals surface area contributed by atoms with Gasteiger partial charge < -0.3 is 9.88 Å². The molecule has 3 heterocycles. The Hall–Kier alpha value is -2.58. The molecule has 1 N–H and O–H groups in total. The molecule has 0 bridgehead atoms. The molecule has 0 saturated carbocycles. The zero-order chi connectivity index (χ0) is 24.0. The van der Waals surface area contributed by atoms with E-state index in [0.29, 0.717) is 5.75 Å². The van der Waals surface area contributed by atoms with Gasteiger partial charge in [0, 0.05) is 64.8 Å². The highest BCUT2D eigenvalue weighted by atomic mass is 35.5. The molecule has 5 rings (SSSR count). The Kier molecular flexibility index (Phi) is 7.88. The zero-order valence-corrected chi connectivity index (χ0v) is 21.6. The highest BCUT2D eigenvalue weighted by molar-refractivity contribution is 7.98. The van der Waals surface area contributed by atoms with Gasteiger partial charge in [0.05, 0.1) is 27.4 Å². The third kappa shape index (κ3) is 6.16. The van der Waals surface area contributed by atoms with Crippen LogP contribution in [0.3, 0.4) is 0 Å². The first kappa shape index (κ1) is 24.1. The van der Waals surface area contributed by atoms with Gasteiger partial charge >= 0.3 is 0 Å². The number of H-pyrrole nitrogens is 1. The van der Waals surface area contributed by atoms with Crippen LogP contribution in [0.1, 0.15) is 11.3 Å². The van der Waals surface area contributed by atoms with Gasteiger partial charge in [-0.15, -0.1) is 0 Å². The minimum atomic E-state index is 0.670. The quantitative estimate of drug-likeness (QED) is 0.316. The summed E-state index contributed by atoms with van der Waals surface area (Å²) in [6, 6.07) is 20.8. The van der Waals surface area contributed by atoms with Crippen LogP contribution in [0.4, 0.5) is 5.69 Å². The van der Waals surface area contributed by atoms with E-state index in [-0.39, 0.29) is 0 Å². The van der Waals surface area contributed by atoms with Crippen LogP contribution in [-0.4, -0.2) is 71.1 Å². The summed E-state index contributed by atoms with van der Waals surface area (Å²) in [6.45, 7) is 7.41. The molecule has 2 aromatic carbocycles. The lowest BCUT2D eigenvalue weighted by Gasteiger charge is -2.35. The Labute approximate surface area is 216 Å². The topological polar surface area (TPSA) is 51.3 Å². The number of halogens is 1. The fourth-order valence-corrected chi connectivity index (χ4v) is 5.67. The lowest BCUT2D eigenvalue weighted by Crippen LogP contribution is -2.47. The van der Waals surface area contributed by atoms with Gasteiger partial charge in [-0.05, 0) is 23.8 Å². The van der Waals surface area contributed by atoms with E-state index in [0.717, 1.165) is 78.4 Å². The zero-order valence-electron chi connectivity index (χ0n) is 20.0. The molecule has 0 spiro atoms. The number of fused-ring (bicyclic) bond motifs is 1. The van der Waals surface area contributed by atoms with E-state index in [2.05, 4.69) is 67.0 Å². The third-order valence-electron chi connectivity index (χ3n) is 6.53. The summed E-state index contributed by atoms with van der Waals surface area (Å²) >= 11 is 8.42. The van der Waals surface area contributed by atoms with E-state index in [1.807, 2.05) is 36.5 Å². The maximum atomic E-state index is 6.80. The Morgan fingerprint density at radius 2 is 1.71 bits per heavy atom. The number of aromatic nitrogens is 3. The van der Waals surface area contributed by atoms with Crippen LogP contribution in [0, 0.1) is 0 Å². The molecule has 0 unspecified atom stereocenters. The van der Waals surface area contributed by atoms with Gasteiger partial charge in [0.25, 0.3) is 0 Å². The largest absolute Gasteiger partial charge is 0.372 e. The Balaban J connectivity index is 1.11. The van der Waals surface area contributed by atoms with Crippen LogP contribution < -0.4 is 4.90 Å². The van der Waals surface area contributed by atoms with Crippen molar-refractivity contribution in [2.45, 2.75) is 17.5 Å². The van der Waals surface area contributed by atoms with Crippen molar-refractivity contribution < 1.29 is 0 Å². The highest BCUT2D eigenvalue weighted by Gasteiger charge is 2.18. The summed E-state index contributed by atoms with van der Waals surface area (Å²) < 4.78 is 0. The Bertz CT molecular complexity index is 1210. The molecule has 0 radical (unpaired) electrons. The molecule has 0 atom stereocenters. The number of thioether (sulfide) groups is 1. The summed E-state index contributed by atoms with van der Waals surface area (Å²) in [5, 5.41) is 1.61. The molecule has 8 heteroatoms. The monoisotopic (exact) mass is 506 g/mol. The summed E-state index contributed by atoms with van der Waals surface area (Å²) in [5.74, 6) is 0.670. The van der Waals surface area contributed by atoms with E-state index < -0.39 is 0 Å². The van der Waals surface area contributed by atoms with Crippen molar-refractivity contribution in [2.75, 3.05) is 51.2 Å². The predicted molar refractivity (Wildman–Crippen MR) is 146 cm³/mol. The molecule has 1 aliphatic rings. The Morgan fingerprint density at radius 1 is 0.971 bits per heavy atom. The summed E-state index contributed by atoms with van der Waals surface area (Å²) in [5.41, 5.74) is 5.33. The lowest BCUT2D eigenvalue weighted by molar-refractivity contribution is 0.129. The van der Waals surface area contributed by atoms with E-state index in [4.69, 9.17) is 11.6 Å². The predicted octanol–water partition coefficient (Wildman–Crippen LogP) is 5.16. The number of imidazole rings is 1. The van der Waals surface area contributed by atoms with Crippen molar-refractivity contribution in [1.29, 1.82) is 0 Å². The standard InChI is InChI=1S/C27H31ClN6S/c1-32(13-14-33-15-17-34(18-16-33)19-21-7-3-2-4-8-21)25-11-12-29-24(26(25)28)20-35-27-30-22-9-5-6-10-23(22)31-27/h2-12H,13-20H2,1H3,(H,30,31). The number of aromatic amines is 1. The van der Waals surface area contributed by atoms with E-state index in [1.165, 1.54) is 5.56 Å². The number of anilines is 1. The molecule has 35 heavy (non-hydrogen) atoms. The minimum Gasteiger partial charge on any atom is -0.372 e. The molecular formula is C27H31ClN6S. The van der Waals surface area contributed by atoms with Gasteiger partial charge in [-0.25, -0.2) is 4.98 Å². The number of hydrogen-bond acceptors (Lipinski definition) is 6. The number of rotatable bonds is 9. The lowest BCUT2D eigenvalue weighted by atomic mass is 10.2. The smallest absolute Gasteiger partial charge is 0.166 e. The number of nitrogens with one attached hydrogen (secondary N) is 1. The van der Waals surface area contributed by atoms with Crippen LogP contribution in [0.5, 0.6) is 0 Å². The minimum absolute atomic E-state index is 0.670. The second-order valence-corrected chi connectivity index (χ2v) is 10.3. The van der Waals surface area contributed by atoms with Crippen molar-refractivity contribution >= 4 is 40.1 Å². The molecule has 0 amide bonds. The number of piperazine rings is 1. The molecule has 4 aromatic rings. The summed E-state index contributed by atoms with van der Waals surface area (Å²) in [6.07, 6.45) is 1.86. The average molecular weight is 507 g/mol. The first-order valence-corrected chi connectivity index (χ1v) is 13.4. The first-order chi connectivity index (χ1) is 17.2. The average Bonchev–Trinajstić information content (AvgIpc) is 3.31. The van der Waals surface area contributed by atoms with E-state index in [9.17, 15) is 0 Å². The van der Waals surface area contributed by atoms with Crippen LogP contribution in [0.25, 0.3) is 11.0 Å². The normalized spacial score (nSPS) is 15.0. The molecule has 2 aromatic heterocycles. The molecule has 6 nitrogen and oxygen atoms in total. The maximum absolute atomic E-state index is 6.80. The number of nitrogens with zero attached hydrogens (tertiary/aromatic N) is 5. The molecule has 1 fully saturated rings. The molecular weight excluding hydrogens is 476 g/mol. The number of hydrogen-bond donors (Lipinski definition) is 1. The second kappa shape index (κ2) is 11.4. The van der Waals surface area contributed by atoms with Crippen LogP contribution >= 0.6 is 23.4 Å². The Morgan fingerprint density at radius 3 is 2.51 bits per heavy atom. The second-order valence-electron chi connectivity index (χ2n) is 8.96. The molecule has 182 valence electrons. The SMILES string of the molecule is CN(CCN1CCN(Cc2ccccc2)CC1)c1ccnc(CSc2nc3ccccc3[nH]2)c1Cl. The summed E-state index contributed by atoms with van der Waals surface area (Å²) in [4.78, 5) is 19.9. The van der Waals surface area contributed by atoms with Crippen molar-refractivity contribution in [2.24, 2.45) is 0 Å². The van der Waals surface area contributed by atoms with Crippen molar-refractivity contribution in [3.63, 3.8) is 0 Å². The van der Waals surface area contributed by atoms with Gasteiger partial charge in [0.15, 0.2) is 5.16 Å². The number of para-hydroxylation sites is 2. The molecule has 1 aliphatic heterocycles. The highest BCUT2D eigenvalue weighted by Crippen LogP contribution is 2.31. The summed E-state index contributed by atoms with van der Waals surface area (Å²) in [7, 11) is 2.11. The first-order valence-electron chi connectivity index (χ1n) is 12.1. The van der Waals surface area contributed by atoms with Crippen LogP contribution in [-0.2, 0) is 12.3 Å².